The zero-order chi connectivity index (χ0) is 8.36. The lowest BCUT2D eigenvalue weighted by Crippen LogP contribution is -1.97. The molecular formula is C8H20O2Si. The molecule has 0 saturated carbocycles. The van der Waals surface area contributed by atoms with Gasteiger partial charge in [-0.05, 0) is 13.0 Å². The summed E-state index contributed by atoms with van der Waals surface area (Å²) in [7, 11) is -0.352. The molecule has 0 bridgehead atoms. The molecule has 0 unspecified atom stereocenters. The van der Waals surface area contributed by atoms with Gasteiger partial charge in [-0.3, -0.25) is 4.58 Å². The lowest BCUT2D eigenvalue weighted by Gasteiger charge is -2.01. The van der Waals surface area contributed by atoms with E-state index in [-0.39, 0.29) is 9.76 Å². The molecule has 0 aliphatic carbocycles. The van der Waals surface area contributed by atoms with E-state index in [1.165, 1.54) is 25.7 Å². The van der Waals surface area contributed by atoms with E-state index in [2.05, 4.69) is 13.5 Å². The van der Waals surface area contributed by atoms with Gasteiger partial charge in [-0.25, -0.2) is 4.89 Å². The first-order valence-corrected chi connectivity index (χ1v) is 6.65. The maximum Gasteiger partial charge on any atom is 0.205 e. The Kier molecular flexibility index (Phi) is 10.3. The van der Waals surface area contributed by atoms with Gasteiger partial charge >= 0.3 is 0 Å². The molecule has 0 atom stereocenters. The van der Waals surface area contributed by atoms with Crippen molar-refractivity contribution < 1.29 is 9.46 Å². The van der Waals surface area contributed by atoms with Crippen LogP contribution in [0.15, 0.2) is 0 Å². The summed E-state index contributed by atoms with van der Waals surface area (Å²) in [6, 6.07) is 0. The van der Waals surface area contributed by atoms with Crippen molar-refractivity contribution in [3.05, 3.63) is 0 Å². The highest BCUT2D eigenvalue weighted by Crippen LogP contribution is 2.01. The monoisotopic (exact) mass is 176 g/mol. The van der Waals surface area contributed by atoms with Crippen LogP contribution in [0.3, 0.4) is 0 Å². The molecule has 2 nitrogen and oxygen atoms in total. The Morgan fingerprint density at radius 1 is 1.09 bits per heavy atom. The normalized spacial score (nSPS) is 11.5. The topological polar surface area (TPSA) is 18.5 Å². The number of hydrogen-bond acceptors (Lipinski definition) is 2. The zero-order valence-corrected chi connectivity index (χ0v) is 9.18. The lowest BCUT2D eigenvalue weighted by molar-refractivity contribution is -0.208. The molecule has 68 valence electrons. The second-order valence-corrected chi connectivity index (χ2v) is 3.46. The second kappa shape index (κ2) is 10.1. The van der Waals surface area contributed by atoms with Crippen LogP contribution < -0.4 is 0 Å². The van der Waals surface area contributed by atoms with Gasteiger partial charge in [0.25, 0.3) is 0 Å². The second-order valence-electron chi connectivity index (χ2n) is 2.64. The van der Waals surface area contributed by atoms with Crippen LogP contribution in [0.25, 0.3) is 0 Å². The predicted molar refractivity (Wildman–Crippen MR) is 50.2 cm³/mol. The maximum absolute atomic E-state index is 4.92. The van der Waals surface area contributed by atoms with Gasteiger partial charge in [-0.15, -0.1) is 0 Å². The van der Waals surface area contributed by atoms with Gasteiger partial charge in [-0.2, -0.15) is 0 Å². The van der Waals surface area contributed by atoms with E-state index in [4.69, 9.17) is 9.46 Å². The average molecular weight is 176 g/mol. The van der Waals surface area contributed by atoms with Crippen LogP contribution in [0.4, 0.5) is 0 Å². The quantitative estimate of drug-likeness (QED) is 0.244. The molecule has 0 heterocycles. The molecule has 0 spiro atoms. The molecule has 3 heteroatoms. The first-order valence-electron chi connectivity index (χ1n) is 4.66. The maximum atomic E-state index is 4.92. The molecule has 0 fully saturated rings. The largest absolute Gasteiger partial charge is 0.295 e. The van der Waals surface area contributed by atoms with Gasteiger partial charge in [0, 0.05) is 0 Å². The molecule has 0 aliphatic rings. The van der Waals surface area contributed by atoms with Gasteiger partial charge in [0.1, 0.15) is 0 Å². The summed E-state index contributed by atoms with van der Waals surface area (Å²) < 4.78 is 4.88. The van der Waals surface area contributed by atoms with Crippen molar-refractivity contribution >= 4 is 9.76 Å². The first kappa shape index (κ1) is 11.1. The van der Waals surface area contributed by atoms with Gasteiger partial charge < -0.3 is 0 Å². The molecule has 11 heavy (non-hydrogen) atoms. The van der Waals surface area contributed by atoms with Gasteiger partial charge in [0.05, 0.1) is 6.61 Å². The highest BCUT2D eigenvalue weighted by atomic mass is 28.2. The van der Waals surface area contributed by atoms with E-state index in [1.54, 1.807) is 0 Å². The minimum atomic E-state index is -0.352. The molecule has 0 amide bonds. The Hall–Kier alpha value is 0.137. The molecule has 0 radical (unpaired) electrons. The SMILES string of the molecule is CCCCCCCOO[SiH2]C. The first-order chi connectivity index (χ1) is 5.41. The van der Waals surface area contributed by atoms with Crippen molar-refractivity contribution in [1.82, 2.24) is 0 Å². The predicted octanol–water partition coefficient (Wildman–Crippen LogP) is 2.04. The van der Waals surface area contributed by atoms with E-state index >= 15 is 0 Å². The Balaban J connectivity index is 2.69. The number of rotatable bonds is 8. The van der Waals surface area contributed by atoms with Crippen molar-refractivity contribution in [2.24, 2.45) is 0 Å². The van der Waals surface area contributed by atoms with E-state index in [0.29, 0.717) is 0 Å². The van der Waals surface area contributed by atoms with E-state index in [9.17, 15) is 0 Å². The Morgan fingerprint density at radius 2 is 1.82 bits per heavy atom. The molecule has 0 aromatic heterocycles. The summed E-state index contributed by atoms with van der Waals surface area (Å²) in [5, 5.41) is 0. The third-order valence-electron chi connectivity index (χ3n) is 1.53. The van der Waals surface area contributed by atoms with Crippen LogP contribution in [0, 0.1) is 0 Å². The van der Waals surface area contributed by atoms with Gasteiger partial charge in [0.2, 0.25) is 9.76 Å². The van der Waals surface area contributed by atoms with E-state index in [1.807, 2.05) is 0 Å². The van der Waals surface area contributed by atoms with E-state index in [0.717, 1.165) is 13.0 Å². The van der Waals surface area contributed by atoms with Gasteiger partial charge in [0.15, 0.2) is 0 Å². The van der Waals surface area contributed by atoms with Crippen molar-refractivity contribution in [3.63, 3.8) is 0 Å². The van der Waals surface area contributed by atoms with Crippen molar-refractivity contribution in [2.75, 3.05) is 6.61 Å². The van der Waals surface area contributed by atoms with Crippen LogP contribution in [-0.4, -0.2) is 16.4 Å². The summed E-state index contributed by atoms with van der Waals surface area (Å²) in [5.41, 5.74) is 0. The molecule has 0 saturated heterocycles. The van der Waals surface area contributed by atoms with E-state index < -0.39 is 0 Å². The smallest absolute Gasteiger partial charge is 0.205 e. The fourth-order valence-corrected chi connectivity index (χ4v) is 1.19. The Morgan fingerprint density at radius 3 is 2.45 bits per heavy atom. The summed E-state index contributed by atoms with van der Waals surface area (Å²) in [4.78, 5) is 4.92. The number of unbranched alkanes of at least 4 members (excludes halogenated alkanes) is 4. The van der Waals surface area contributed by atoms with Crippen LogP contribution in [-0.2, 0) is 9.46 Å². The minimum absolute atomic E-state index is 0.352. The third kappa shape index (κ3) is 10.1. The van der Waals surface area contributed by atoms with Crippen LogP contribution >= 0.6 is 0 Å². The zero-order valence-electron chi connectivity index (χ0n) is 7.77. The van der Waals surface area contributed by atoms with Crippen molar-refractivity contribution in [1.29, 1.82) is 0 Å². The highest BCUT2D eigenvalue weighted by Gasteiger charge is 1.89. The Labute approximate surface area is 72.1 Å². The van der Waals surface area contributed by atoms with Crippen molar-refractivity contribution in [2.45, 2.75) is 45.6 Å². The molecule has 0 aromatic carbocycles. The molecule has 0 N–H and O–H groups in total. The summed E-state index contributed by atoms with van der Waals surface area (Å²) in [6.07, 6.45) is 6.42. The van der Waals surface area contributed by atoms with Crippen LogP contribution in [0.5, 0.6) is 0 Å². The molecular weight excluding hydrogens is 156 g/mol. The summed E-state index contributed by atoms with van der Waals surface area (Å²) in [5.74, 6) is 0. The molecule has 0 aliphatic heterocycles. The third-order valence-corrected chi connectivity index (χ3v) is 1.93. The molecule has 0 aromatic rings. The highest BCUT2D eigenvalue weighted by molar-refractivity contribution is 6.24. The average Bonchev–Trinajstić information content (AvgIpc) is 2.03. The minimum Gasteiger partial charge on any atom is -0.295 e. The van der Waals surface area contributed by atoms with Crippen molar-refractivity contribution in [3.8, 4) is 0 Å². The van der Waals surface area contributed by atoms with Crippen LogP contribution in [0.2, 0.25) is 6.55 Å². The van der Waals surface area contributed by atoms with Gasteiger partial charge in [-0.1, -0.05) is 32.6 Å². The fraction of sp³-hybridized carbons (Fsp3) is 1.00. The summed E-state index contributed by atoms with van der Waals surface area (Å²) in [6.45, 7) is 5.07. The van der Waals surface area contributed by atoms with Crippen LogP contribution in [0.1, 0.15) is 39.0 Å². The number of hydrogen-bond donors (Lipinski definition) is 0. The fourth-order valence-electron chi connectivity index (χ4n) is 0.907. The molecule has 0 rings (SSSR count). The lowest BCUT2D eigenvalue weighted by atomic mass is 10.2. The summed E-state index contributed by atoms with van der Waals surface area (Å²) >= 11 is 0. The Bertz CT molecular complexity index is 61.1. The standard InChI is InChI=1S/C8H20O2Si/c1-3-4-5-6-7-8-9-10-11-2/h3-8,11H2,1-2H3.